The molecule has 13 nitrogen and oxygen atoms in total. The molecule has 3 amide bonds. The van der Waals surface area contributed by atoms with Crippen LogP contribution in [0.15, 0.2) is 120 Å². The highest BCUT2D eigenvalue weighted by Crippen LogP contribution is 2.53. The van der Waals surface area contributed by atoms with Crippen molar-refractivity contribution in [1.29, 1.82) is 0 Å². The van der Waals surface area contributed by atoms with Crippen molar-refractivity contribution in [2.24, 2.45) is 4.99 Å². The lowest BCUT2D eigenvalue weighted by molar-refractivity contribution is 0.0562. The first-order valence-electron chi connectivity index (χ1n) is 16.8. The van der Waals surface area contributed by atoms with E-state index in [1.165, 1.54) is 0 Å². The molecule has 1 atom stereocenters. The fourth-order valence-corrected chi connectivity index (χ4v) is 6.31. The maximum atomic E-state index is 14.8. The molecule has 0 spiro atoms. The topological polar surface area (TPSA) is 163 Å². The molecule has 1 unspecified atom stereocenters. The van der Waals surface area contributed by atoms with E-state index in [1.54, 1.807) is 126 Å². The summed E-state index contributed by atoms with van der Waals surface area (Å²) in [5.74, 6) is -0.933. The second-order valence-corrected chi connectivity index (χ2v) is 15.7. The molecular weight excluding hydrogens is 699 g/mol. The lowest BCUT2D eigenvalue weighted by Gasteiger charge is -2.28. The number of rotatable bonds is 11. The third kappa shape index (κ3) is 14.4. The second-order valence-electron chi connectivity index (χ2n) is 13.7. The number of hydrogen-bond acceptors (Lipinski definition) is 9. The van der Waals surface area contributed by atoms with Crippen LogP contribution in [0.2, 0.25) is 0 Å². The minimum absolute atomic E-state index is 0.0202. The molecule has 0 aliphatic rings. The number of ether oxygens (including phenoxy) is 3. The molecule has 0 saturated heterocycles. The maximum absolute atomic E-state index is 14.8. The molecule has 14 heteroatoms. The van der Waals surface area contributed by atoms with Gasteiger partial charge in [-0.3, -0.25) is 5.32 Å². The van der Waals surface area contributed by atoms with Gasteiger partial charge in [0.2, 0.25) is 5.96 Å². The summed E-state index contributed by atoms with van der Waals surface area (Å²) in [6.45, 7) is 10.1. The maximum Gasteiger partial charge on any atom is 0.453 e. The van der Waals surface area contributed by atoms with E-state index in [2.05, 4.69) is 20.9 Å². The third-order valence-electron chi connectivity index (χ3n) is 6.69. The van der Waals surface area contributed by atoms with Crippen molar-refractivity contribution < 1.29 is 42.2 Å². The normalized spacial score (nSPS) is 12.5. The number of para-hydroxylation sites is 2. The number of benzene rings is 4. The van der Waals surface area contributed by atoms with Crippen LogP contribution in [-0.4, -0.2) is 41.2 Å². The zero-order valence-corrected chi connectivity index (χ0v) is 31.4. The number of aliphatic imine (C=N–C) groups is 1. The highest BCUT2D eigenvalue weighted by molar-refractivity contribution is 7.55. The van der Waals surface area contributed by atoms with Crippen LogP contribution in [0.25, 0.3) is 0 Å². The van der Waals surface area contributed by atoms with Crippen molar-refractivity contribution in [1.82, 2.24) is 10.6 Å². The van der Waals surface area contributed by atoms with E-state index in [9.17, 15) is 18.9 Å². The predicted octanol–water partition coefficient (Wildman–Crippen LogP) is 9.06. The Morgan fingerprint density at radius 1 is 0.660 bits per heavy atom. The Labute approximate surface area is 309 Å². The first-order valence-corrected chi connectivity index (χ1v) is 18.4. The van der Waals surface area contributed by atoms with Crippen molar-refractivity contribution in [3.05, 3.63) is 126 Å². The molecule has 53 heavy (non-hydrogen) atoms. The molecule has 0 aliphatic heterocycles. The van der Waals surface area contributed by atoms with Gasteiger partial charge in [0, 0.05) is 12.1 Å². The van der Waals surface area contributed by atoms with E-state index < -0.39 is 42.9 Å². The summed E-state index contributed by atoms with van der Waals surface area (Å²) in [7, 11) is -4.25. The summed E-state index contributed by atoms with van der Waals surface area (Å²) in [6.07, 6.45) is -2.63. The van der Waals surface area contributed by atoms with Gasteiger partial charge in [0.25, 0.3) is 0 Å². The minimum Gasteiger partial charge on any atom is -0.445 e. The van der Waals surface area contributed by atoms with Gasteiger partial charge in [-0.25, -0.2) is 18.9 Å². The summed E-state index contributed by atoms with van der Waals surface area (Å²) in [5.41, 5.74) is 0.162. The standard InChI is InChI=1S/C39H45N4O9P/c1-38(2,3)49-36(45)42-34(43-37(46)50-39(4,5)6)40-30-24-22-28(23-25-30)26-33(41-35(44)48-27-29-16-10-7-11-17-29)53(47,51-31-18-12-8-13-19-31)52-32-20-14-9-15-21-32/h7-25,33H,26-27H2,1-6H3,(H,41,44)(H2,40,42,43,45,46). The molecule has 4 aromatic rings. The quantitative estimate of drug-likeness (QED) is 0.0584. The highest BCUT2D eigenvalue weighted by atomic mass is 31.2. The molecule has 0 bridgehead atoms. The van der Waals surface area contributed by atoms with Gasteiger partial charge < -0.3 is 33.9 Å². The van der Waals surface area contributed by atoms with E-state index in [4.69, 9.17) is 23.3 Å². The van der Waals surface area contributed by atoms with Crippen LogP contribution in [0.3, 0.4) is 0 Å². The Hall–Kier alpha value is -5.81. The number of hydrogen-bond donors (Lipinski definition) is 3. The van der Waals surface area contributed by atoms with Crippen molar-refractivity contribution in [3.8, 4) is 11.5 Å². The highest BCUT2D eigenvalue weighted by Gasteiger charge is 2.41. The van der Waals surface area contributed by atoms with E-state index >= 15 is 0 Å². The van der Waals surface area contributed by atoms with Crippen LogP contribution in [0.5, 0.6) is 11.5 Å². The van der Waals surface area contributed by atoms with Gasteiger partial charge in [-0.2, -0.15) is 0 Å². The van der Waals surface area contributed by atoms with E-state index in [0.29, 0.717) is 11.3 Å². The molecular formula is C39H45N4O9P. The summed E-state index contributed by atoms with van der Waals surface area (Å²) >= 11 is 0. The van der Waals surface area contributed by atoms with Crippen LogP contribution in [0.4, 0.5) is 20.1 Å². The monoisotopic (exact) mass is 744 g/mol. The van der Waals surface area contributed by atoms with Crippen LogP contribution in [0, 0.1) is 0 Å². The van der Waals surface area contributed by atoms with E-state index in [1.807, 2.05) is 30.3 Å². The molecule has 4 aromatic carbocycles. The third-order valence-corrected chi connectivity index (χ3v) is 8.70. The Kier molecular flexibility index (Phi) is 13.6. The number of guanidine groups is 1. The second kappa shape index (κ2) is 18.1. The van der Waals surface area contributed by atoms with Crippen molar-refractivity contribution >= 4 is 37.5 Å². The minimum atomic E-state index is -4.25. The molecule has 0 aliphatic carbocycles. The number of carbonyl (C=O) groups excluding carboxylic acids is 3. The van der Waals surface area contributed by atoms with Gasteiger partial charge in [-0.1, -0.05) is 78.9 Å². The van der Waals surface area contributed by atoms with Crippen LogP contribution in [-0.2, 0) is 31.8 Å². The first-order chi connectivity index (χ1) is 25.0. The zero-order valence-electron chi connectivity index (χ0n) is 30.5. The number of anilines is 1. The van der Waals surface area contributed by atoms with Gasteiger partial charge in [0.05, 0.1) is 0 Å². The van der Waals surface area contributed by atoms with Gasteiger partial charge in [-0.15, -0.1) is 4.99 Å². The van der Waals surface area contributed by atoms with Crippen LogP contribution < -0.4 is 25.0 Å². The summed E-state index contributed by atoms with van der Waals surface area (Å²) in [5, 5.41) is 8.06. The average molecular weight is 745 g/mol. The Morgan fingerprint density at radius 3 is 1.68 bits per heavy atom. The fraction of sp³-hybridized carbons (Fsp3) is 0.282. The van der Waals surface area contributed by atoms with Crippen LogP contribution >= 0.6 is 7.60 Å². The van der Waals surface area contributed by atoms with Gasteiger partial charge in [0.1, 0.15) is 29.3 Å². The molecule has 0 saturated carbocycles. The lowest BCUT2D eigenvalue weighted by atomic mass is 10.1. The SMILES string of the molecule is CC(C)(C)OC(=O)N=C(NC(=O)OC(C)(C)C)Nc1ccc(CC(NC(=O)OCc2ccccc2)P(=O)(Oc2ccccc2)Oc2ccccc2)cc1. The lowest BCUT2D eigenvalue weighted by Crippen LogP contribution is -2.40. The number of nitrogens with one attached hydrogen (secondary N) is 3. The Bertz CT molecular complexity index is 1830. The summed E-state index contributed by atoms with van der Waals surface area (Å²) in [6, 6.07) is 32.8. The zero-order chi connectivity index (χ0) is 38.5. The molecule has 4 rings (SSSR count). The largest absolute Gasteiger partial charge is 0.453 e. The smallest absolute Gasteiger partial charge is 0.445 e. The average Bonchev–Trinajstić information content (AvgIpc) is 3.07. The Balaban J connectivity index is 1.61. The number of amides is 3. The summed E-state index contributed by atoms with van der Waals surface area (Å²) < 4.78 is 43.1. The molecule has 0 radical (unpaired) electrons. The first kappa shape index (κ1) is 40.0. The molecule has 0 fully saturated rings. The summed E-state index contributed by atoms with van der Waals surface area (Å²) in [4.78, 5) is 42.2. The number of alkyl carbamates (subject to hydrolysis) is 2. The van der Waals surface area contributed by atoms with Gasteiger partial charge in [0.15, 0.2) is 5.78 Å². The van der Waals surface area contributed by atoms with E-state index in [-0.39, 0.29) is 30.5 Å². The molecule has 3 N–H and O–H groups in total. The molecule has 280 valence electrons. The predicted molar refractivity (Wildman–Crippen MR) is 202 cm³/mol. The van der Waals surface area contributed by atoms with Crippen molar-refractivity contribution in [2.75, 3.05) is 5.32 Å². The molecule has 0 heterocycles. The van der Waals surface area contributed by atoms with Gasteiger partial charge >= 0.3 is 25.9 Å². The van der Waals surface area contributed by atoms with Crippen molar-refractivity contribution in [2.45, 2.75) is 71.6 Å². The van der Waals surface area contributed by atoms with Gasteiger partial charge in [-0.05, 0) is 89.1 Å². The molecule has 0 aromatic heterocycles. The number of carbonyl (C=O) groups is 3. The van der Waals surface area contributed by atoms with Crippen molar-refractivity contribution in [3.63, 3.8) is 0 Å². The van der Waals surface area contributed by atoms with Crippen LogP contribution in [0.1, 0.15) is 52.7 Å². The Morgan fingerprint density at radius 2 is 1.17 bits per heavy atom. The fourth-order valence-electron chi connectivity index (χ4n) is 4.49. The van der Waals surface area contributed by atoms with E-state index in [0.717, 1.165) is 5.56 Å². The number of nitrogens with zero attached hydrogens (tertiary/aromatic N) is 1.